The number of carbonyl (C=O) groups is 2. The highest BCUT2D eigenvalue weighted by Gasteiger charge is 2.39. The van der Waals surface area contributed by atoms with E-state index in [2.05, 4.69) is 24.0 Å². The molecule has 8 nitrogen and oxygen atoms in total. The van der Waals surface area contributed by atoms with Crippen molar-refractivity contribution >= 4 is 28.2 Å². The average Bonchev–Trinajstić information content (AvgIpc) is 3.41. The zero-order valence-corrected chi connectivity index (χ0v) is 24.5. The van der Waals surface area contributed by atoms with Gasteiger partial charge in [-0.25, -0.2) is 4.79 Å². The lowest BCUT2D eigenvalue weighted by Crippen LogP contribution is -2.48. The summed E-state index contributed by atoms with van der Waals surface area (Å²) in [5.41, 5.74) is 9.93. The van der Waals surface area contributed by atoms with Crippen LogP contribution in [0.15, 0.2) is 48.5 Å². The second-order valence-corrected chi connectivity index (χ2v) is 12.5. The number of benzene rings is 2. The minimum absolute atomic E-state index is 0.0202. The van der Waals surface area contributed by atoms with Crippen molar-refractivity contribution in [3.8, 4) is 5.75 Å². The number of thiophene rings is 1. The molecule has 9 heteroatoms. The molecule has 212 valence electrons. The summed E-state index contributed by atoms with van der Waals surface area (Å²) in [5.74, 6) is 0.247. The van der Waals surface area contributed by atoms with Crippen LogP contribution in [0.1, 0.15) is 76.0 Å². The number of rotatable bonds is 8. The monoisotopic (exact) mass is 563 g/mol. The van der Waals surface area contributed by atoms with Gasteiger partial charge in [0.15, 0.2) is 6.79 Å². The van der Waals surface area contributed by atoms with Crippen molar-refractivity contribution in [3.63, 3.8) is 0 Å². The largest absolute Gasteiger partial charge is 0.467 e. The van der Waals surface area contributed by atoms with Gasteiger partial charge in [0.25, 0.3) is 5.91 Å². The Morgan fingerprint density at radius 1 is 1.10 bits per heavy atom. The summed E-state index contributed by atoms with van der Waals surface area (Å²) in [5, 5.41) is 0.483. The summed E-state index contributed by atoms with van der Waals surface area (Å²) in [7, 11) is 1.57. The maximum atomic E-state index is 13.6. The zero-order chi connectivity index (χ0) is 28.6. The van der Waals surface area contributed by atoms with Crippen molar-refractivity contribution in [2.45, 2.75) is 64.9 Å². The predicted molar refractivity (Wildman–Crippen MR) is 155 cm³/mol. The van der Waals surface area contributed by atoms with Gasteiger partial charge >= 0.3 is 5.97 Å². The molecule has 2 aliphatic heterocycles. The molecule has 3 aromatic rings. The lowest BCUT2D eigenvalue weighted by molar-refractivity contribution is 0.00675. The van der Waals surface area contributed by atoms with Crippen LogP contribution >= 0.6 is 11.3 Å². The van der Waals surface area contributed by atoms with E-state index >= 15 is 0 Å². The first-order valence-electron chi connectivity index (χ1n) is 13.5. The average molecular weight is 564 g/mol. The Kier molecular flexibility index (Phi) is 7.90. The van der Waals surface area contributed by atoms with Gasteiger partial charge in [0, 0.05) is 48.3 Å². The highest BCUT2D eigenvalue weighted by atomic mass is 32.1. The highest BCUT2D eigenvalue weighted by molar-refractivity contribution is 7.16. The summed E-state index contributed by atoms with van der Waals surface area (Å²) in [4.78, 5) is 32.2. The number of esters is 1. The molecule has 40 heavy (non-hydrogen) atoms. The Labute approximate surface area is 239 Å². The summed E-state index contributed by atoms with van der Waals surface area (Å²) in [6.45, 7) is 9.45. The van der Waals surface area contributed by atoms with Crippen molar-refractivity contribution < 1.29 is 23.8 Å². The van der Waals surface area contributed by atoms with Crippen molar-refractivity contribution in [2.75, 3.05) is 26.2 Å². The molecule has 2 N–H and O–H groups in total. The van der Waals surface area contributed by atoms with E-state index in [0.29, 0.717) is 47.9 Å². The summed E-state index contributed by atoms with van der Waals surface area (Å²) in [6.07, 6.45) is 0.585. The molecule has 0 bridgehead atoms. The number of carbonyl (C=O) groups excluding carboxylic acids is 2. The van der Waals surface area contributed by atoms with Crippen LogP contribution in [0.3, 0.4) is 0 Å². The molecule has 0 saturated heterocycles. The van der Waals surface area contributed by atoms with Gasteiger partial charge in [-0.3, -0.25) is 9.69 Å². The first-order chi connectivity index (χ1) is 19.1. The standard InChI is InChI=1S/C31H37N3O5S/c1-19(20-10-7-6-8-11-20)34-17-26-23(27(28(32)40-26)30(36)39-31(2,3)4)14-21(34)15-33-16-24-22(29(33)35)12-9-13-25(24)38-18-37-5/h6-13,19,21H,14-18,32H2,1-5H3/t19-,21-/m0/s1. The van der Waals surface area contributed by atoms with Gasteiger partial charge in [0.05, 0.1) is 12.1 Å². The Hall–Kier alpha value is -3.40. The fourth-order valence-corrected chi connectivity index (χ4v) is 6.74. The SMILES string of the molecule is COCOc1cccc2c1CN(C[C@@H]1Cc3c(sc(N)c3C(=O)OC(C)(C)C)CN1[C@@H](C)c1ccccc1)C2=O. The number of ether oxygens (including phenoxy) is 3. The molecule has 1 aromatic heterocycles. The van der Waals surface area contributed by atoms with Gasteiger partial charge in [0.1, 0.15) is 16.4 Å². The molecule has 0 radical (unpaired) electrons. The topological polar surface area (TPSA) is 94.3 Å². The summed E-state index contributed by atoms with van der Waals surface area (Å²) >= 11 is 1.46. The number of methoxy groups -OCH3 is 1. The van der Waals surface area contributed by atoms with Crippen LogP contribution in [0.2, 0.25) is 0 Å². The maximum Gasteiger partial charge on any atom is 0.341 e. The van der Waals surface area contributed by atoms with Crippen LogP contribution in [0.5, 0.6) is 5.75 Å². The van der Waals surface area contributed by atoms with Crippen LogP contribution in [0, 0.1) is 0 Å². The normalized spacial score (nSPS) is 17.9. The molecule has 2 aliphatic rings. The highest BCUT2D eigenvalue weighted by Crippen LogP contribution is 2.41. The van der Waals surface area contributed by atoms with E-state index in [1.54, 1.807) is 7.11 Å². The number of hydrogen-bond donors (Lipinski definition) is 1. The smallest absolute Gasteiger partial charge is 0.341 e. The third-order valence-electron chi connectivity index (χ3n) is 7.50. The Morgan fingerprint density at radius 3 is 2.55 bits per heavy atom. The molecule has 0 saturated carbocycles. The molecular weight excluding hydrogens is 526 g/mol. The second-order valence-electron chi connectivity index (χ2n) is 11.4. The Balaban J connectivity index is 1.47. The minimum atomic E-state index is -0.628. The van der Waals surface area contributed by atoms with Gasteiger partial charge in [-0.05, 0) is 57.4 Å². The molecule has 5 rings (SSSR count). The van der Waals surface area contributed by atoms with Crippen molar-refractivity contribution in [3.05, 3.63) is 81.2 Å². The third-order valence-corrected chi connectivity index (χ3v) is 8.54. The molecule has 3 heterocycles. The van der Waals surface area contributed by atoms with E-state index in [0.717, 1.165) is 16.0 Å². The van der Waals surface area contributed by atoms with Crippen LogP contribution in [0.4, 0.5) is 5.00 Å². The van der Waals surface area contributed by atoms with Crippen molar-refractivity contribution in [2.24, 2.45) is 0 Å². The number of nitrogens with two attached hydrogens (primary N) is 1. The summed E-state index contributed by atoms with van der Waals surface area (Å²) < 4.78 is 16.6. The van der Waals surface area contributed by atoms with Crippen LogP contribution in [-0.4, -0.2) is 53.8 Å². The molecule has 0 aliphatic carbocycles. The van der Waals surface area contributed by atoms with Crippen molar-refractivity contribution in [1.29, 1.82) is 0 Å². The van der Waals surface area contributed by atoms with E-state index in [4.69, 9.17) is 19.9 Å². The van der Waals surface area contributed by atoms with E-state index < -0.39 is 11.6 Å². The Morgan fingerprint density at radius 2 is 1.85 bits per heavy atom. The second kappa shape index (κ2) is 11.2. The third kappa shape index (κ3) is 5.59. The van der Waals surface area contributed by atoms with Gasteiger partial charge in [0.2, 0.25) is 0 Å². The first-order valence-corrected chi connectivity index (χ1v) is 14.4. The molecule has 2 atom stereocenters. The van der Waals surface area contributed by atoms with Gasteiger partial charge in [-0.1, -0.05) is 36.4 Å². The molecule has 0 spiro atoms. The van der Waals surface area contributed by atoms with E-state index in [1.165, 1.54) is 16.9 Å². The number of fused-ring (bicyclic) bond motifs is 2. The molecular formula is C31H37N3O5S. The molecule has 0 fully saturated rings. The van der Waals surface area contributed by atoms with E-state index in [9.17, 15) is 9.59 Å². The van der Waals surface area contributed by atoms with Gasteiger partial charge in [-0.2, -0.15) is 0 Å². The fraction of sp³-hybridized carbons (Fsp3) is 0.419. The molecule has 2 aromatic carbocycles. The number of hydrogen-bond acceptors (Lipinski definition) is 8. The Bertz CT molecular complexity index is 1400. The first kappa shape index (κ1) is 28.1. The van der Waals surface area contributed by atoms with E-state index in [-0.39, 0.29) is 24.8 Å². The van der Waals surface area contributed by atoms with Crippen molar-refractivity contribution in [1.82, 2.24) is 9.80 Å². The van der Waals surface area contributed by atoms with Crippen LogP contribution in [-0.2, 0) is 29.0 Å². The number of nitrogen functional groups attached to an aromatic ring is 1. The quantitative estimate of drug-likeness (QED) is 0.289. The number of amides is 1. The number of nitrogens with zero attached hydrogens (tertiary/aromatic N) is 2. The molecule has 0 unspecified atom stereocenters. The van der Waals surface area contributed by atoms with Gasteiger partial charge in [-0.15, -0.1) is 11.3 Å². The van der Waals surface area contributed by atoms with Crippen LogP contribution < -0.4 is 10.5 Å². The molecule has 1 amide bonds. The number of anilines is 1. The zero-order valence-electron chi connectivity index (χ0n) is 23.7. The van der Waals surface area contributed by atoms with Crippen LogP contribution in [0.25, 0.3) is 0 Å². The minimum Gasteiger partial charge on any atom is -0.467 e. The summed E-state index contributed by atoms with van der Waals surface area (Å²) in [6, 6.07) is 16.0. The van der Waals surface area contributed by atoms with Gasteiger partial charge < -0.3 is 24.8 Å². The lowest BCUT2D eigenvalue weighted by Gasteiger charge is -2.41. The van der Waals surface area contributed by atoms with E-state index in [1.807, 2.05) is 62.1 Å². The maximum absolute atomic E-state index is 13.6. The predicted octanol–water partition coefficient (Wildman–Crippen LogP) is 5.41. The fourth-order valence-electron chi connectivity index (χ4n) is 5.65. The lowest BCUT2D eigenvalue weighted by atomic mass is 9.93.